The van der Waals surface area contributed by atoms with Crippen molar-refractivity contribution in [1.82, 2.24) is 4.98 Å². The van der Waals surface area contributed by atoms with Crippen LogP contribution in [0.2, 0.25) is 0 Å². The number of halogens is 1. The lowest BCUT2D eigenvalue weighted by atomic mass is 9.88. The molecule has 1 aromatic heterocycles. The molecule has 2 nitrogen and oxygen atoms in total. The van der Waals surface area contributed by atoms with Gasteiger partial charge in [-0.25, -0.2) is 4.98 Å². The number of pyridine rings is 1. The van der Waals surface area contributed by atoms with Gasteiger partial charge in [-0.05, 0) is 24.5 Å². The molecule has 1 atom stereocenters. The van der Waals surface area contributed by atoms with Crippen molar-refractivity contribution in [2.75, 3.05) is 5.32 Å². The van der Waals surface area contributed by atoms with Crippen LogP contribution in [0.3, 0.4) is 0 Å². The van der Waals surface area contributed by atoms with E-state index in [9.17, 15) is 4.39 Å². The van der Waals surface area contributed by atoms with Crippen molar-refractivity contribution in [2.24, 2.45) is 5.41 Å². The Morgan fingerprint density at radius 3 is 2.50 bits per heavy atom. The molecule has 0 radical (unpaired) electrons. The summed E-state index contributed by atoms with van der Waals surface area (Å²) in [6, 6.07) is 5.01. The van der Waals surface area contributed by atoms with Gasteiger partial charge in [-0.3, -0.25) is 0 Å². The largest absolute Gasteiger partial charge is 0.367 e. The van der Waals surface area contributed by atoms with Crippen LogP contribution in [-0.2, 0) is 0 Å². The molecule has 1 rings (SSSR count). The Morgan fingerprint density at radius 2 is 2.00 bits per heavy atom. The first-order chi connectivity index (χ1) is 6.39. The van der Waals surface area contributed by atoms with E-state index in [1.54, 1.807) is 12.1 Å². The Kier molecular flexibility index (Phi) is 3.09. The normalized spacial score (nSPS) is 13.8. The van der Waals surface area contributed by atoms with Crippen LogP contribution < -0.4 is 5.32 Å². The first kappa shape index (κ1) is 11.0. The molecule has 0 aliphatic carbocycles. The lowest BCUT2D eigenvalue weighted by Gasteiger charge is -2.28. The number of anilines is 1. The molecule has 0 aliphatic heterocycles. The molecule has 0 fully saturated rings. The third kappa shape index (κ3) is 2.98. The topological polar surface area (TPSA) is 24.9 Å². The zero-order valence-corrected chi connectivity index (χ0v) is 9.13. The molecule has 78 valence electrons. The van der Waals surface area contributed by atoms with Crippen LogP contribution in [0.25, 0.3) is 0 Å². The second kappa shape index (κ2) is 3.95. The second-order valence-corrected chi connectivity index (χ2v) is 4.58. The van der Waals surface area contributed by atoms with Crippen molar-refractivity contribution in [1.29, 1.82) is 0 Å². The van der Waals surface area contributed by atoms with Gasteiger partial charge in [-0.1, -0.05) is 26.8 Å². The summed E-state index contributed by atoms with van der Waals surface area (Å²) >= 11 is 0. The highest BCUT2D eigenvalue weighted by Crippen LogP contribution is 2.21. The highest BCUT2D eigenvalue weighted by Gasteiger charge is 2.19. The number of hydrogen-bond donors (Lipinski definition) is 1. The molecule has 3 heteroatoms. The Morgan fingerprint density at radius 1 is 1.36 bits per heavy atom. The third-order valence-corrected chi connectivity index (χ3v) is 2.38. The van der Waals surface area contributed by atoms with Crippen LogP contribution in [0.5, 0.6) is 0 Å². The first-order valence-corrected chi connectivity index (χ1v) is 4.78. The molecule has 0 aliphatic rings. The van der Waals surface area contributed by atoms with E-state index < -0.39 is 5.95 Å². The van der Waals surface area contributed by atoms with E-state index in [-0.39, 0.29) is 11.5 Å². The quantitative estimate of drug-likeness (QED) is 0.735. The van der Waals surface area contributed by atoms with E-state index in [2.05, 4.69) is 38.0 Å². The average molecular weight is 196 g/mol. The van der Waals surface area contributed by atoms with Crippen molar-refractivity contribution in [3.8, 4) is 0 Å². The summed E-state index contributed by atoms with van der Waals surface area (Å²) in [7, 11) is 0. The monoisotopic (exact) mass is 196 g/mol. The first-order valence-electron chi connectivity index (χ1n) is 4.78. The van der Waals surface area contributed by atoms with Gasteiger partial charge in [0.25, 0.3) is 0 Å². The van der Waals surface area contributed by atoms with Crippen molar-refractivity contribution in [2.45, 2.75) is 33.7 Å². The smallest absolute Gasteiger partial charge is 0.214 e. The van der Waals surface area contributed by atoms with Gasteiger partial charge in [-0.2, -0.15) is 4.39 Å². The van der Waals surface area contributed by atoms with Crippen LogP contribution in [-0.4, -0.2) is 11.0 Å². The Bertz CT molecular complexity index is 304. The average Bonchev–Trinajstić information content (AvgIpc) is 2.02. The van der Waals surface area contributed by atoms with Crippen LogP contribution in [0.15, 0.2) is 18.2 Å². The zero-order valence-electron chi connectivity index (χ0n) is 9.13. The maximum Gasteiger partial charge on any atom is 0.214 e. The summed E-state index contributed by atoms with van der Waals surface area (Å²) in [6.45, 7) is 8.45. The number of aromatic nitrogens is 1. The van der Waals surface area contributed by atoms with Crippen LogP contribution in [0.4, 0.5) is 10.2 Å². The maximum atomic E-state index is 12.8. The van der Waals surface area contributed by atoms with Crippen molar-refractivity contribution >= 4 is 5.82 Å². The van der Waals surface area contributed by atoms with Crippen LogP contribution >= 0.6 is 0 Å². The fourth-order valence-electron chi connectivity index (χ4n) is 0.927. The van der Waals surface area contributed by atoms with Gasteiger partial charge in [0.15, 0.2) is 0 Å². The predicted molar refractivity (Wildman–Crippen MR) is 56.7 cm³/mol. The second-order valence-electron chi connectivity index (χ2n) is 4.58. The fraction of sp³-hybridized carbons (Fsp3) is 0.545. The summed E-state index contributed by atoms with van der Waals surface area (Å²) in [5.41, 5.74) is 0.133. The standard InChI is InChI=1S/C11H17FN2/c1-8(11(2,3)4)13-10-7-5-6-9(12)14-10/h5-8H,1-4H3,(H,13,14). The molecule has 0 saturated heterocycles. The van der Waals surface area contributed by atoms with E-state index in [0.29, 0.717) is 5.82 Å². The number of rotatable bonds is 2. The van der Waals surface area contributed by atoms with Crippen LogP contribution in [0.1, 0.15) is 27.7 Å². The van der Waals surface area contributed by atoms with Crippen molar-refractivity contribution < 1.29 is 4.39 Å². The van der Waals surface area contributed by atoms with E-state index in [4.69, 9.17) is 0 Å². The molecule has 0 bridgehead atoms. The van der Waals surface area contributed by atoms with E-state index >= 15 is 0 Å². The third-order valence-electron chi connectivity index (χ3n) is 2.38. The molecule has 1 heterocycles. The van der Waals surface area contributed by atoms with Gasteiger partial charge in [0.2, 0.25) is 5.95 Å². The zero-order chi connectivity index (χ0) is 10.8. The molecular formula is C11H17FN2. The number of nitrogens with zero attached hydrogens (tertiary/aromatic N) is 1. The molecule has 0 spiro atoms. The van der Waals surface area contributed by atoms with E-state index in [1.807, 2.05) is 0 Å². The summed E-state index contributed by atoms with van der Waals surface area (Å²) in [5, 5.41) is 3.17. The van der Waals surface area contributed by atoms with E-state index in [1.165, 1.54) is 6.07 Å². The highest BCUT2D eigenvalue weighted by molar-refractivity contribution is 5.35. The molecule has 1 unspecified atom stereocenters. The minimum absolute atomic E-state index is 0.133. The summed E-state index contributed by atoms with van der Waals surface area (Å²) in [4.78, 5) is 3.75. The minimum atomic E-state index is -0.448. The van der Waals surface area contributed by atoms with Gasteiger partial charge >= 0.3 is 0 Å². The van der Waals surface area contributed by atoms with Gasteiger partial charge in [0, 0.05) is 6.04 Å². The SMILES string of the molecule is CC(Nc1cccc(F)n1)C(C)(C)C. The Hall–Kier alpha value is -1.12. The molecule has 0 saturated carbocycles. The van der Waals surface area contributed by atoms with E-state index in [0.717, 1.165) is 0 Å². The van der Waals surface area contributed by atoms with Gasteiger partial charge in [0.1, 0.15) is 5.82 Å². The lowest BCUT2D eigenvalue weighted by molar-refractivity contribution is 0.358. The Labute approximate surface area is 84.6 Å². The minimum Gasteiger partial charge on any atom is -0.367 e. The Balaban J connectivity index is 2.70. The lowest BCUT2D eigenvalue weighted by Crippen LogP contribution is -2.31. The molecule has 0 aromatic carbocycles. The highest BCUT2D eigenvalue weighted by atomic mass is 19.1. The number of nitrogens with one attached hydrogen (secondary N) is 1. The predicted octanol–water partition coefficient (Wildman–Crippen LogP) is 3.07. The van der Waals surface area contributed by atoms with Crippen LogP contribution in [0, 0.1) is 11.4 Å². The van der Waals surface area contributed by atoms with Crippen molar-refractivity contribution in [3.63, 3.8) is 0 Å². The fourth-order valence-corrected chi connectivity index (χ4v) is 0.927. The molecule has 1 aromatic rings. The molecular weight excluding hydrogens is 179 g/mol. The maximum absolute atomic E-state index is 12.8. The summed E-state index contributed by atoms with van der Waals surface area (Å²) in [6.07, 6.45) is 0. The molecule has 14 heavy (non-hydrogen) atoms. The summed E-state index contributed by atoms with van der Waals surface area (Å²) < 4.78 is 12.8. The van der Waals surface area contributed by atoms with Gasteiger partial charge in [0.05, 0.1) is 0 Å². The molecule has 0 amide bonds. The van der Waals surface area contributed by atoms with Crippen molar-refractivity contribution in [3.05, 3.63) is 24.1 Å². The van der Waals surface area contributed by atoms with Gasteiger partial charge < -0.3 is 5.32 Å². The number of hydrogen-bond acceptors (Lipinski definition) is 2. The molecule has 1 N–H and O–H groups in total. The van der Waals surface area contributed by atoms with Gasteiger partial charge in [-0.15, -0.1) is 0 Å². The summed E-state index contributed by atoms with van der Waals surface area (Å²) in [5.74, 6) is 0.142.